The van der Waals surface area contributed by atoms with Gasteiger partial charge in [-0.25, -0.2) is 4.98 Å². The van der Waals surface area contributed by atoms with Gasteiger partial charge in [-0.05, 0) is 42.0 Å². The van der Waals surface area contributed by atoms with Gasteiger partial charge in [0.2, 0.25) is 0 Å². The van der Waals surface area contributed by atoms with Crippen LogP contribution in [0.4, 0.5) is 5.13 Å². The molecule has 1 amide bonds. The van der Waals surface area contributed by atoms with Gasteiger partial charge < -0.3 is 9.47 Å². The summed E-state index contributed by atoms with van der Waals surface area (Å²) in [5.74, 6) is 0.831. The number of ether oxygens (including phenoxy) is 2. The predicted molar refractivity (Wildman–Crippen MR) is 121 cm³/mol. The molecule has 0 spiro atoms. The Kier molecular flexibility index (Phi) is 5.88. The first-order valence-electron chi connectivity index (χ1n) is 9.23. The molecule has 30 heavy (non-hydrogen) atoms. The van der Waals surface area contributed by atoms with E-state index in [-0.39, 0.29) is 5.91 Å². The van der Waals surface area contributed by atoms with Gasteiger partial charge in [-0.15, -0.1) is 0 Å². The largest absolute Gasteiger partial charge is 0.497 e. The second-order valence-electron chi connectivity index (χ2n) is 6.55. The van der Waals surface area contributed by atoms with E-state index in [9.17, 15) is 4.79 Å². The van der Waals surface area contributed by atoms with E-state index in [0.29, 0.717) is 33.8 Å². The lowest BCUT2D eigenvalue weighted by Gasteiger charge is -2.21. The van der Waals surface area contributed by atoms with Crippen LogP contribution in [0, 0.1) is 0 Å². The topological polar surface area (TPSA) is 51.7 Å². The van der Waals surface area contributed by atoms with E-state index in [4.69, 9.17) is 21.1 Å². The molecule has 4 rings (SSSR count). The average molecular weight is 439 g/mol. The Morgan fingerprint density at radius 3 is 2.57 bits per heavy atom. The first kappa shape index (κ1) is 20.2. The van der Waals surface area contributed by atoms with Gasteiger partial charge in [0.05, 0.1) is 36.5 Å². The number of methoxy groups -OCH3 is 2. The summed E-state index contributed by atoms with van der Waals surface area (Å²) >= 11 is 7.56. The molecule has 1 aromatic heterocycles. The molecule has 3 aromatic carbocycles. The smallest absolute Gasteiger partial charge is 0.264 e. The lowest BCUT2D eigenvalue weighted by atomic mass is 10.1. The van der Waals surface area contributed by atoms with E-state index in [1.807, 2.05) is 42.5 Å². The standard InChI is InChI=1S/C23H19ClN2O3S/c1-28-17-9-11-20(29-2)18(13-17)22(27)26(14-15-6-4-3-5-7-15)23-25-19-10-8-16(24)12-21(19)30-23/h3-13H,14H2,1-2H3. The summed E-state index contributed by atoms with van der Waals surface area (Å²) in [5.41, 5.74) is 2.19. The number of halogens is 1. The summed E-state index contributed by atoms with van der Waals surface area (Å²) < 4.78 is 11.7. The number of amides is 1. The van der Waals surface area contributed by atoms with E-state index in [1.165, 1.54) is 11.3 Å². The second-order valence-corrected chi connectivity index (χ2v) is 8.00. The molecule has 0 aliphatic carbocycles. The Morgan fingerprint density at radius 1 is 1.03 bits per heavy atom. The quantitative estimate of drug-likeness (QED) is 0.381. The van der Waals surface area contributed by atoms with Crippen molar-refractivity contribution in [1.29, 1.82) is 0 Å². The van der Waals surface area contributed by atoms with E-state index in [0.717, 1.165) is 15.8 Å². The predicted octanol–water partition coefficient (Wildman–Crippen LogP) is 5.81. The van der Waals surface area contributed by atoms with Crippen molar-refractivity contribution in [1.82, 2.24) is 4.98 Å². The molecule has 0 saturated carbocycles. The molecule has 0 radical (unpaired) electrons. The number of nitrogens with zero attached hydrogens (tertiary/aromatic N) is 2. The van der Waals surface area contributed by atoms with E-state index in [1.54, 1.807) is 43.4 Å². The molecule has 0 saturated heterocycles. The molecule has 1 heterocycles. The molecular formula is C23H19ClN2O3S. The number of anilines is 1. The van der Waals surface area contributed by atoms with Gasteiger partial charge in [0, 0.05) is 5.02 Å². The van der Waals surface area contributed by atoms with E-state index in [2.05, 4.69) is 4.98 Å². The van der Waals surface area contributed by atoms with Crippen molar-refractivity contribution in [2.24, 2.45) is 0 Å². The van der Waals surface area contributed by atoms with Crippen molar-refractivity contribution in [2.75, 3.05) is 19.1 Å². The Hall–Kier alpha value is -3.09. The van der Waals surface area contributed by atoms with Crippen LogP contribution in [-0.4, -0.2) is 25.1 Å². The fraction of sp³-hybridized carbons (Fsp3) is 0.130. The van der Waals surface area contributed by atoms with Crippen LogP contribution in [0.2, 0.25) is 5.02 Å². The van der Waals surface area contributed by atoms with Crippen molar-refractivity contribution in [3.05, 3.63) is 82.9 Å². The Labute approximate surface area is 183 Å². The lowest BCUT2D eigenvalue weighted by molar-refractivity contribution is 0.0982. The molecule has 4 aromatic rings. The zero-order valence-corrected chi connectivity index (χ0v) is 18.0. The minimum atomic E-state index is -0.222. The highest BCUT2D eigenvalue weighted by molar-refractivity contribution is 7.22. The molecule has 0 aliphatic rings. The molecular weight excluding hydrogens is 420 g/mol. The first-order chi connectivity index (χ1) is 14.6. The van der Waals surface area contributed by atoms with Crippen molar-refractivity contribution < 1.29 is 14.3 Å². The molecule has 0 fully saturated rings. The van der Waals surface area contributed by atoms with Gasteiger partial charge in [-0.3, -0.25) is 9.69 Å². The maximum Gasteiger partial charge on any atom is 0.264 e. The van der Waals surface area contributed by atoms with Crippen molar-refractivity contribution in [2.45, 2.75) is 6.54 Å². The number of rotatable bonds is 6. The summed E-state index contributed by atoms with van der Waals surface area (Å²) in [5, 5.41) is 1.22. The zero-order valence-electron chi connectivity index (χ0n) is 16.5. The molecule has 0 unspecified atom stereocenters. The fourth-order valence-corrected chi connectivity index (χ4v) is 4.36. The minimum absolute atomic E-state index is 0.222. The van der Waals surface area contributed by atoms with Gasteiger partial charge in [0.1, 0.15) is 11.5 Å². The summed E-state index contributed by atoms with van der Waals surface area (Å²) in [7, 11) is 3.11. The van der Waals surface area contributed by atoms with Crippen LogP contribution in [0.25, 0.3) is 10.2 Å². The van der Waals surface area contributed by atoms with E-state index >= 15 is 0 Å². The van der Waals surface area contributed by atoms with Crippen LogP contribution >= 0.6 is 22.9 Å². The maximum absolute atomic E-state index is 13.7. The number of carbonyl (C=O) groups is 1. The number of hydrogen-bond acceptors (Lipinski definition) is 5. The maximum atomic E-state index is 13.7. The molecule has 152 valence electrons. The third-order valence-electron chi connectivity index (χ3n) is 4.64. The highest BCUT2D eigenvalue weighted by Crippen LogP contribution is 2.34. The first-order valence-corrected chi connectivity index (χ1v) is 10.4. The third kappa shape index (κ3) is 4.10. The van der Waals surface area contributed by atoms with Gasteiger partial charge in [0.15, 0.2) is 5.13 Å². The molecule has 5 nitrogen and oxygen atoms in total. The summed E-state index contributed by atoms with van der Waals surface area (Å²) in [6, 6.07) is 20.5. The second kappa shape index (κ2) is 8.73. The van der Waals surface area contributed by atoms with Crippen molar-refractivity contribution in [3.8, 4) is 11.5 Å². The van der Waals surface area contributed by atoms with Crippen molar-refractivity contribution >= 4 is 44.2 Å². The van der Waals surface area contributed by atoms with Gasteiger partial charge in [0.25, 0.3) is 5.91 Å². The Morgan fingerprint density at radius 2 is 1.83 bits per heavy atom. The minimum Gasteiger partial charge on any atom is -0.497 e. The number of fused-ring (bicyclic) bond motifs is 1. The number of carbonyl (C=O) groups excluding carboxylic acids is 1. The van der Waals surface area contributed by atoms with Crippen LogP contribution < -0.4 is 14.4 Å². The normalized spacial score (nSPS) is 10.8. The van der Waals surface area contributed by atoms with Crippen LogP contribution in [0.15, 0.2) is 66.7 Å². The van der Waals surface area contributed by atoms with Gasteiger partial charge >= 0.3 is 0 Å². The lowest BCUT2D eigenvalue weighted by Crippen LogP contribution is -2.30. The number of thiazole rings is 1. The number of benzene rings is 3. The Balaban J connectivity index is 1.81. The molecule has 0 aliphatic heterocycles. The monoisotopic (exact) mass is 438 g/mol. The zero-order chi connectivity index (χ0) is 21.1. The highest BCUT2D eigenvalue weighted by atomic mass is 35.5. The molecule has 0 bridgehead atoms. The van der Waals surface area contributed by atoms with E-state index < -0.39 is 0 Å². The number of aromatic nitrogens is 1. The van der Waals surface area contributed by atoms with Crippen molar-refractivity contribution in [3.63, 3.8) is 0 Å². The highest BCUT2D eigenvalue weighted by Gasteiger charge is 2.25. The third-order valence-corrected chi connectivity index (χ3v) is 5.91. The summed E-state index contributed by atoms with van der Waals surface area (Å²) in [6.45, 7) is 0.369. The summed E-state index contributed by atoms with van der Waals surface area (Å²) in [6.07, 6.45) is 0. The summed E-state index contributed by atoms with van der Waals surface area (Å²) in [4.78, 5) is 20.0. The van der Waals surface area contributed by atoms with Crippen LogP contribution in [0.1, 0.15) is 15.9 Å². The SMILES string of the molecule is COc1ccc(OC)c(C(=O)N(Cc2ccccc2)c2nc3ccc(Cl)cc3s2)c1. The van der Waals surface area contributed by atoms with Crippen LogP contribution in [0.3, 0.4) is 0 Å². The number of hydrogen-bond donors (Lipinski definition) is 0. The fourth-order valence-electron chi connectivity index (χ4n) is 3.12. The molecule has 0 atom stereocenters. The van der Waals surface area contributed by atoms with Crippen LogP contribution in [-0.2, 0) is 6.54 Å². The molecule has 7 heteroatoms. The van der Waals surface area contributed by atoms with Crippen LogP contribution in [0.5, 0.6) is 11.5 Å². The average Bonchev–Trinajstić information content (AvgIpc) is 3.20. The molecule has 0 N–H and O–H groups in total. The van der Waals surface area contributed by atoms with Gasteiger partial charge in [-0.2, -0.15) is 0 Å². The van der Waals surface area contributed by atoms with Gasteiger partial charge in [-0.1, -0.05) is 53.3 Å². The Bertz CT molecular complexity index is 1190.